The molecule has 0 amide bonds. The van der Waals surface area contributed by atoms with E-state index in [1.807, 2.05) is 0 Å². The van der Waals surface area contributed by atoms with Crippen LogP contribution in [0.3, 0.4) is 0 Å². The lowest BCUT2D eigenvalue weighted by Crippen LogP contribution is -2.54. The van der Waals surface area contributed by atoms with Crippen molar-refractivity contribution in [2.75, 3.05) is 19.8 Å². The SMILES string of the molecule is CCCCO[Si](OCCCC)(OCCCC)C(C)(C)C. The molecule has 4 heteroatoms. The van der Waals surface area contributed by atoms with Crippen molar-refractivity contribution < 1.29 is 13.3 Å². The number of hydrogen-bond acceptors (Lipinski definition) is 3. The Balaban J connectivity index is 4.77. The van der Waals surface area contributed by atoms with E-state index in [0.717, 1.165) is 58.3 Å². The zero-order valence-corrected chi connectivity index (χ0v) is 15.6. The van der Waals surface area contributed by atoms with Crippen molar-refractivity contribution in [3.63, 3.8) is 0 Å². The summed E-state index contributed by atoms with van der Waals surface area (Å²) in [5, 5.41) is -0.0672. The molecule has 0 bridgehead atoms. The Hall–Kier alpha value is 0.0969. The van der Waals surface area contributed by atoms with Crippen molar-refractivity contribution in [2.24, 2.45) is 0 Å². The Morgan fingerprint density at radius 2 is 0.950 bits per heavy atom. The van der Waals surface area contributed by atoms with E-state index in [-0.39, 0.29) is 5.04 Å². The van der Waals surface area contributed by atoms with Gasteiger partial charge >= 0.3 is 8.80 Å². The van der Waals surface area contributed by atoms with Crippen LogP contribution in [0.2, 0.25) is 5.04 Å². The van der Waals surface area contributed by atoms with Crippen molar-refractivity contribution >= 4 is 8.80 Å². The minimum Gasteiger partial charge on any atom is -0.373 e. The lowest BCUT2D eigenvalue weighted by molar-refractivity contribution is 0.0372. The highest BCUT2D eigenvalue weighted by atomic mass is 28.4. The predicted molar refractivity (Wildman–Crippen MR) is 88.0 cm³/mol. The van der Waals surface area contributed by atoms with Gasteiger partial charge in [0.05, 0.1) is 0 Å². The van der Waals surface area contributed by atoms with Crippen LogP contribution in [0.5, 0.6) is 0 Å². The standard InChI is InChI=1S/C16H36O3Si/c1-7-10-13-17-20(16(4,5)6,18-14-11-8-2)19-15-12-9-3/h7-15H2,1-6H3. The van der Waals surface area contributed by atoms with E-state index in [1.165, 1.54) is 0 Å². The van der Waals surface area contributed by atoms with Crippen LogP contribution in [0.1, 0.15) is 80.1 Å². The molecule has 3 nitrogen and oxygen atoms in total. The van der Waals surface area contributed by atoms with Gasteiger partial charge in [0.25, 0.3) is 0 Å². The molecular formula is C16H36O3Si. The summed E-state index contributed by atoms with van der Waals surface area (Å²) in [4.78, 5) is 0. The van der Waals surface area contributed by atoms with Gasteiger partial charge < -0.3 is 13.3 Å². The van der Waals surface area contributed by atoms with Gasteiger partial charge in [0, 0.05) is 24.9 Å². The Kier molecular flexibility index (Phi) is 10.8. The van der Waals surface area contributed by atoms with Crippen LogP contribution in [-0.4, -0.2) is 28.6 Å². The molecule has 0 radical (unpaired) electrons. The molecule has 0 saturated heterocycles. The average Bonchev–Trinajstić information content (AvgIpc) is 2.37. The van der Waals surface area contributed by atoms with Gasteiger partial charge in [-0.25, -0.2) is 0 Å². The topological polar surface area (TPSA) is 27.7 Å². The second-order valence-corrected chi connectivity index (χ2v) is 9.89. The van der Waals surface area contributed by atoms with Crippen molar-refractivity contribution in [1.82, 2.24) is 0 Å². The number of rotatable bonds is 12. The van der Waals surface area contributed by atoms with Crippen LogP contribution in [0.15, 0.2) is 0 Å². The van der Waals surface area contributed by atoms with E-state index in [4.69, 9.17) is 13.3 Å². The van der Waals surface area contributed by atoms with Crippen LogP contribution in [-0.2, 0) is 13.3 Å². The highest BCUT2D eigenvalue weighted by Crippen LogP contribution is 2.39. The maximum absolute atomic E-state index is 6.22. The molecule has 0 rings (SSSR count). The molecule has 0 saturated carbocycles. The van der Waals surface area contributed by atoms with Gasteiger partial charge in [0.2, 0.25) is 0 Å². The van der Waals surface area contributed by atoms with E-state index >= 15 is 0 Å². The molecule has 0 N–H and O–H groups in total. The Labute approximate surface area is 127 Å². The first-order valence-corrected chi connectivity index (χ1v) is 10.1. The highest BCUT2D eigenvalue weighted by molar-refractivity contribution is 6.64. The summed E-state index contributed by atoms with van der Waals surface area (Å²) in [5.41, 5.74) is 0. The highest BCUT2D eigenvalue weighted by Gasteiger charge is 2.52. The van der Waals surface area contributed by atoms with Crippen LogP contribution < -0.4 is 0 Å². The molecule has 0 aromatic carbocycles. The monoisotopic (exact) mass is 304 g/mol. The zero-order chi connectivity index (χ0) is 15.5. The van der Waals surface area contributed by atoms with Gasteiger partial charge in [0.1, 0.15) is 0 Å². The summed E-state index contributed by atoms with van der Waals surface area (Å²) >= 11 is 0. The van der Waals surface area contributed by atoms with Crippen molar-refractivity contribution in [3.8, 4) is 0 Å². The van der Waals surface area contributed by atoms with Gasteiger partial charge in [0.15, 0.2) is 0 Å². The van der Waals surface area contributed by atoms with Crippen LogP contribution in [0.4, 0.5) is 0 Å². The van der Waals surface area contributed by atoms with Gasteiger partial charge in [-0.05, 0) is 19.3 Å². The van der Waals surface area contributed by atoms with Crippen molar-refractivity contribution in [1.29, 1.82) is 0 Å². The summed E-state index contributed by atoms with van der Waals surface area (Å²) in [5.74, 6) is 0. The van der Waals surface area contributed by atoms with E-state index in [2.05, 4.69) is 41.5 Å². The molecule has 0 aliphatic heterocycles. The van der Waals surface area contributed by atoms with E-state index in [1.54, 1.807) is 0 Å². The molecule has 0 spiro atoms. The molecule has 0 unspecified atom stereocenters. The third-order valence-corrected chi connectivity index (χ3v) is 6.88. The Bertz CT molecular complexity index is 200. The molecule has 0 atom stereocenters. The first-order valence-electron chi connectivity index (χ1n) is 8.35. The molecule has 122 valence electrons. The zero-order valence-electron chi connectivity index (χ0n) is 14.6. The predicted octanol–water partition coefficient (Wildman–Crippen LogP) is 5.18. The lowest BCUT2D eigenvalue weighted by Gasteiger charge is -2.39. The second kappa shape index (κ2) is 10.8. The lowest BCUT2D eigenvalue weighted by atomic mass is 10.3. The molecule has 0 aromatic heterocycles. The third kappa shape index (κ3) is 7.20. The fourth-order valence-corrected chi connectivity index (χ4v) is 4.62. The maximum Gasteiger partial charge on any atom is 0.506 e. The van der Waals surface area contributed by atoms with Crippen LogP contribution >= 0.6 is 0 Å². The number of unbranched alkanes of at least 4 members (excludes halogenated alkanes) is 3. The minimum atomic E-state index is -2.61. The van der Waals surface area contributed by atoms with Gasteiger partial charge in [-0.3, -0.25) is 0 Å². The average molecular weight is 305 g/mol. The first kappa shape index (κ1) is 20.1. The van der Waals surface area contributed by atoms with E-state index in [9.17, 15) is 0 Å². The fourth-order valence-electron chi connectivity index (χ4n) is 1.83. The van der Waals surface area contributed by atoms with Gasteiger partial charge in [-0.15, -0.1) is 0 Å². The number of hydrogen-bond donors (Lipinski definition) is 0. The smallest absolute Gasteiger partial charge is 0.373 e. The van der Waals surface area contributed by atoms with E-state index < -0.39 is 8.80 Å². The molecule has 0 heterocycles. The van der Waals surface area contributed by atoms with Gasteiger partial charge in [-0.2, -0.15) is 0 Å². The Morgan fingerprint density at radius 1 is 0.650 bits per heavy atom. The summed E-state index contributed by atoms with van der Waals surface area (Å²) in [6.45, 7) is 15.3. The van der Waals surface area contributed by atoms with Crippen molar-refractivity contribution in [3.05, 3.63) is 0 Å². The summed E-state index contributed by atoms with van der Waals surface area (Å²) in [6.07, 6.45) is 6.62. The second-order valence-electron chi connectivity index (χ2n) is 6.41. The molecule has 0 aromatic rings. The maximum atomic E-state index is 6.22. The Morgan fingerprint density at radius 3 is 1.15 bits per heavy atom. The quantitative estimate of drug-likeness (QED) is 0.367. The summed E-state index contributed by atoms with van der Waals surface area (Å²) in [7, 11) is -2.61. The molecular weight excluding hydrogens is 268 g/mol. The fraction of sp³-hybridized carbons (Fsp3) is 1.00. The molecule has 0 aliphatic carbocycles. The minimum absolute atomic E-state index is 0.0672. The normalized spacial score (nSPS) is 12.9. The summed E-state index contributed by atoms with van der Waals surface area (Å²) in [6, 6.07) is 0. The van der Waals surface area contributed by atoms with Crippen LogP contribution in [0, 0.1) is 0 Å². The third-order valence-electron chi connectivity index (χ3n) is 3.29. The van der Waals surface area contributed by atoms with Crippen LogP contribution in [0.25, 0.3) is 0 Å². The summed E-state index contributed by atoms with van der Waals surface area (Å²) < 4.78 is 18.7. The van der Waals surface area contributed by atoms with Crippen molar-refractivity contribution in [2.45, 2.75) is 85.1 Å². The molecule has 0 fully saturated rings. The largest absolute Gasteiger partial charge is 0.506 e. The van der Waals surface area contributed by atoms with Gasteiger partial charge in [-0.1, -0.05) is 60.8 Å². The van der Waals surface area contributed by atoms with E-state index in [0.29, 0.717) is 0 Å². The molecule has 20 heavy (non-hydrogen) atoms. The first-order chi connectivity index (χ1) is 9.43. The molecule has 0 aliphatic rings.